The molecule has 0 N–H and O–H groups in total. The van der Waals surface area contributed by atoms with Gasteiger partial charge in [-0.3, -0.25) is 0 Å². The van der Waals surface area contributed by atoms with Crippen molar-refractivity contribution in [2.24, 2.45) is 5.92 Å². The molecule has 5 nitrogen and oxygen atoms in total. The number of ether oxygens (including phenoxy) is 3. The van der Waals surface area contributed by atoms with E-state index in [9.17, 15) is 9.59 Å². The lowest BCUT2D eigenvalue weighted by molar-refractivity contribution is -0.0399. The second kappa shape index (κ2) is 8.15. The molecule has 26 heavy (non-hydrogen) atoms. The van der Waals surface area contributed by atoms with Gasteiger partial charge in [-0.15, -0.1) is 0 Å². The van der Waals surface area contributed by atoms with Crippen molar-refractivity contribution < 1.29 is 23.8 Å². The predicted molar refractivity (Wildman–Crippen MR) is 95.9 cm³/mol. The number of benzene rings is 2. The zero-order valence-electron chi connectivity index (χ0n) is 14.8. The first-order valence-electron chi connectivity index (χ1n) is 8.70. The first-order valence-corrected chi connectivity index (χ1v) is 8.70. The van der Waals surface area contributed by atoms with Gasteiger partial charge in [0.05, 0.1) is 17.2 Å². The highest BCUT2D eigenvalue weighted by Gasteiger charge is 2.43. The molecular weight excluding hydrogens is 332 g/mol. The second-order valence-electron chi connectivity index (χ2n) is 6.44. The van der Waals surface area contributed by atoms with Crippen molar-refractivity contribution in [1.82, 2.24) is 0 Å². The number of hydrogen-bond acceptors (Lipinski definition) is 5. The van der Waals surface area contributed by atoms with Crippen LogP contribution in [0.1, 0.15) is 34.6 Å². The molecule has 1 aliphatic heterocycles. The van der Waals surface area contributed by atoms with E-state index in [1.807, 2.05) is 26.0 Å². The summed E-state index contributed by atoms with van der Waals surface area (Å²) in [5.41, 5.74) is 0.962. The smallest absolute Gasteiger partial charge is 0.338 e. The fraction of sp³-hybridized carbons (Fsp3) is 0.333. The van der Waals surface area contributed by atoms with Crippen molar-refractivity contribution >= 4 is 11.9 Å². The number of rotatable bonds is 5. The molecule has 0 unspecified atom stereocenters. The van der Waals surface area contributed by atoms with E-state index < -0.39 is 24.1 Å². The van der Waals surface area contributed by atoms with Crippen LogP contribution in [0.4, 0.5) is 0 Å². The van der Waals surface area contributed by atoms with Crippen LogP contribution < -0.4 is 0 Å². The van der Waals surface area contributed by atoms with Crippen LogP contribution >= 0.6 is 0 Å². The third kappa shape index (κ3) is 4.11. The van der Waals surface area contributed by atoms with Gasteiger partial charge in [0.15, 0.2) is 0 Å². The second-order valence-corrected chi connectivity index (χ2v) is 6.44. The summed E-state index contributed by atoms with van der Waals surface area (Å²) in [6.45, 7) is 3.93. The van der Waals surface area contributed by atoms with Crippen LogP contribution in [0.3, 0.4) is 0 Å². The molecule has 0 aromatic heterocycles. The van der Waals surface area contributed by atoms with Gasteiger partial charge >= 0.3 is 11.9 Å². The van der Waals surface area contributed by atoms with Crippen molar-refractivity contribution in [3.63, 3.8) is 0 Å². The van der Waals surface area contributed by atoms with Crippen molar-refractivity contribution in [1.29, 1.82) is 0 Å². The van der Waals surface area contributed by atoms with Crippen molar-refractivity contribution in [2.75, 3.05) is 6.61 Å². The molecule has 1 heterocycles. The first kappa shape index (κ1) is 18.1. The molecule has 0 aliphatic carbocycles. The highest BCUT2D eigenvalue weighted by Crippen LogP contribution is 2.30. The molecule has 4 atom stereocenters. The highest BCUT2D eigenvalue weighted by molar-refractivity contribution is 5.90. The Morgan fingerprint density at radius 1 is 0.885 bits per heavy atom. The molecule has 0 spiro atoms. The fourth-order valence-electron chi connectivity index (χ4n) is 2.98. The van der Waals surface area contributed by atoms with Crippen LogP contribution in [0, 0.1) is 5.92 Å². The van der Waals surface area contributed by atoms with Crippen LogP contribution in [0.25, 0.3) is 0 Å². The summed E-state index contributed by atoms with van der Waals surface area (Å²) in [5.74, 6) is -0.822. The van der Waals surface area contributed by atoms with Gasteiger partial charge in [0, 0.05) is 5.92 Å². The van der Waals surface area contributed by atoms with E-state index in [1.54, 1.807) is 48.5 Å². The normalized spacial score (nSPS) is 24.8. The number of carbonyl (C=O) groups excluding carboxylic acids is 2. The fourth-order valence-corrected chi connectivity index (χ4v) is 2.98. The molecule has 136 valence electrons. The maximum absolute atomic E-state index is 12.4. The molecule has 1 saturated heterocycles. The van der Waals surface area contributed by atoms with E-state index in [0.29, 0.717) is 11.1 Å². The summed E-state index contributed by atoms with van der Waals surface area (Å²) in [6.07, 6.45) is -1.05. The standard InChI is InChI=1S/C21H22O5/c1-14-15(2)25-18(13-24-20(22)16-9-5-3-6-10-16)19(14)26-21(23)17-11-7-4-8-12-17/h3-12,14-15,18-19H,13H2,1-2H3/t14-,15-,18+,19-/m0/s1. The van der Waals surface area contributed by atoms with Crippen LogP contribution in [0.5, 0.6) is 0 Å². The Labute approximate surface area is 152 Å². The van der Waals surface area contributed by atoms with E-state index in [0.717, 1.165) is 0 Å². The van der Waals surface area contributed by atoms with E-state index in [2.05, 4.69) is 0 Å². The number of hydrogen-bond donors (Lipinski definition) is 0. The molecule has 2 aromatic carbocycles. The summed E-state index contributed by atoms with van der Waals surface area (Å²) in [5, 5.41) is 0. The minimum atomic E-state index is -0.486. The summed E-state index contributed by atoms with van der Waals surface area (Å²) in [4.78, 5) is 24.5. The molecule has 0 bridgehead atoms. The summed E-state index contributed by atoms with van der Waals surface area (Å²) < 4.78 is 16.9. The lowest BCUT2D eigenvalue weighted by atomic mass is 9.99. The molecule has 3 rings (SSSR count). The van der Waals surface area contributed by atoms with E-state index in [-0.39, 0.29) is 18.6 Å². The predicted octanol–water partition coefficient (Wildman–Crippen LogP) is 3.49. The Morgan fingerprint density at radius 3 is 2.00 bits per heavy atom. The van der Waals surface area contributed by atoms with Crippen LogP contribution in [-0.2, 0) is 14.2 Å². The quantitative estimate of drug-likeness (QED) is 0.769. The molecule has 0 saturated carbocycles. The Morgan fingerprint density at radius 2 is 1.42 bits per heavy atom. The largest absolute Gasteiger partial charge is 0.459 e. The van der Waals surface area contributed by atoms with E-state index >= 15 is 0 Å². The van der Waals surface area contributed by atoms with Gasteiger partial charge in [0.2, 0.25) is 0 Å². The average Bonchev–Trinajstić information content (AvgIpc) is 2.95. The summed E-state index contributed by atoms with van der Waals surface area (Å²) in [7, 11) is 0. The van der Waals surface area contributed by atoms with Crippen LogP contribution in [-0.4, -0.2) is 36.9 Å². The van der Waals surface area contributed by atoms with Gasteiger partial charge in [-0.05, 0) is 31.2 Å². The third-order valence-corrected chi connectivity index (χ3v) is 4.66. The minimum absolute atomic E-state index is 0.00286. The summed E-state index contributed by atoms with van der Waals surface area (Å²) >= 11 is 0. The van der Waals surface area contributed by atoms with Gasteiger partial charge in [0.25, 0.3) is 0 Å². The molecule has 0 radical (unpaired) electrons. The molecule has 5 heteroatoms. The van der Waals surface area contributed by atoms with Crippen LogP contribution in [0.15, 0.2) is 60.7 Å². The summed E-state index contributed by atoms with van der Waals surface area (Å²) in [6, 6.07) is 17.6. The van der Waals surface area contributed by atoms with Gasteiger partial charge < -0.3 is 14.2 Å². The third-order valence-electron chi connectivity index (χ3n) is 4.66. The Bertz CT molecular complexity index is 744. The van der Waals surface area contributed by atoms with E-state index in [4.69, 9.17) is 14.2 Å². The Kier molecular flexibility index (Phi) is 5.68. The average molecular weight is 354 g/mol. The minimum Gasteiger partial charge on any atom is -0.459 e. The maximum atomic E-state index is 12.4. The van der Waals surface area contributed by atoms with Crippen molar-refractivity contribution in [3.8, 4) is 0 Å². The van der Waals surface area contributed by atoms with Crippen LogP contribution in [0.2, 0.25) is 0 Å². The molecule has 0 amide bonds. The lowest BCUT2D eigenvalue weighted by Gasteiger charge is -2.21. The monoisotopic (exact) mass is 354 g/mol. The molecule has 1 fully saturated rings. The Balaban J connectivity index is 1.63. The SMILES string of the molecule is C[C@@H]1[C@H](OC(=O)c2ccccc2)[C@@H](COC(=O)c2ccccc2)O[C@H]1C. The zero-order valence-corrected chi connectivity index (χ0v) is 14.8. The molecule has 1 aliphatic rings. The van der Waals surface area contributed by atoms with Crippen molar-refractivity contribution in [3.05, 3.63) is 71.8 Å². The first-order chi connectivity index (χ1) is 12.6. The molecular formula is C21H22O5. The van der Waals surface area contributed by atoms with E-state index in [1.165, 1.54) is 0 Å². The van der Waals surface area contributed by atoms with Gasteiger partial charge in [-0.25, -0.2) is 9.59 Å². The number of carbonyl (C=O) groups is 2. The Hall–Kier alpha value is -2.66. The molecule has 2 aromatic rings. The maximum Gasteiger partial charge on any atom is 0.338 e. The number of esters is 2. The highest BCUT2D eigenvalue weighted by atomic mass is 16.6. The lowest BCUT2D eigenvalue weighted by Crippen LogP contribution is -2.35. The van der Waals surface area contributed by atoms with Crippen molar-refractivity contribution in [2.45, 2.75) is 32.2 Å². The topological polar surface area (TPSA) is 61.8 Å². The van der Waals surface area contributed by atoms with Gasteiger partial charge in [-0.2, -0.15) is 0 Å². The van der Waals surface area contributed by atoms with Gasteiger partial charge in [0.1, 0.15) is 18.8 Å². The zero-order chi connectivity index (χ0) is 18.5. The van der Waals surface area contributed by atoms with Gasteiger partial charge in [-0.1, -0.05) is 43.3 Å².